The summed E-state index contributed by atoms with van der Waals surface area (Å²) in [5.41, 5.74) is 2.83. The summed E-state index contributed by atoms with van der Waals surface area (Å²) in [6.07, 6.45) is 1.76. The second-order valence-corrected chi connectivity index (χ2v) is 6.50. The van der Waals surface area contributed by atoms with Crippen LogP contribution in [0.1, 0.15) is 40.0 Å². The Morgan fingerprint density at radius 3 is 2.70 bits per heavy atom. The number of hydrogen-bond acceptors (Lipinski definition) is 5. The predicted octanol–water partition coefficient (Wildman–Crippen LogP) is 3.67. The van der Waals surface area contributed by atoms with Gasteiger partial charge in [-0.05, 0) is 45.0 Å². The van der Waals surface area contributed by atoms with Crippen molar-refractivity contribution in [2.24, 2.45) is 0 Å². The van der Waals surface area contributed by atoms with Crippen molar-refractivity contribution >= 4 is 17.5 Å². The number of aryl methyl sites for hydroxylation is 2. The van der Waals surface area contributed by atoms with Crippen LogP contribution in [-0.4, -0.2) is 20.8 Å². The van der Waals surface area contributed by atoms with E-state index in [9.17, 15) is 4.79 Å². The third-order valence-corrected chi connectivity index (χ3v) is 4.59. The largest absolute Gasteiger partial charge is 0.489 e. The summed E-state index contributed by atoms with van der Waals surface area (Å²) >= 11 is 5.87. The van der Waals surface area contributed by atoms with Gasteiger partial charge >= 0.3 is 0 Å². The third kappa shape index (κ3) is 4.31. The van der Waals surface area contributed by atoms with Gasteiger partial charge in [-0.15, -0.1) is 0 Å². The highest BCUT2D eigenvalue weighted by molar-refractivity contribution is 6.30. The molecule has 2 heterocycles. The third-order valence-electron chi connectivity index (χ3n) is 4.34. The first kappa shape index (κ1) is 19.0. The topological polar surface area (TPSA) is 82.2 Å². The van der Waals surface area contributed by atoms with Gasteiger partial charge in [0.2, 0.25) is 0 Å². The number of rotatable bonds is 7. The molecule has 7 nitrogen and oxygen atoms in total. The molecule has 0 radical (unpaired) electrons. The standard InChI is InChI=1S/C19H21ClN4O3/c1-4-24-12(2)14(10-22-24)9-21-19(25)18-17(13(3)27-23-18)11-26-16-7-5-15(20)6-8-16/h5-8,10H,4,9,11H2,1-3H3,(H,21,25). The molecule has 0 fully saturated rings. The first-order valence-corrected chi connectivity index (χ1v) is 9.00. The van der Waals surface area contributed by atoms with Crippen molar-refractivity contribution in [1.82, 2.24) is 20.3 Å². The molecule has 0 aliphatic heterocycles. The number of carbonyl (C=O) groups is 1. The Hall–Kier alpha value is -2.80. The van der Waals surface area contributed by atoms with E-state index < -0.39 is 0 Å². The molecule has 1 aromatic carbocycles. The maximum absolute atomic E-state index is 12.6. The van der Waals surface area contributed by atoms with Crippen molar-refractivity contribution in [2.75, 3.05) is 0 Å². The number of ether oxygens (including phenoxy) is 1. The molecular formula is C19H21ClN4O3. The van der Waals surface area contributed by atoms with Crippen molar-refractivity contribution in [3.63, 3.8) is 0 Å². The van der Waals surface area contributed by atoms with E-state index in [0.717, 1.165) is 17.8 Å². The monoisotopic (exact) mass is 388 g/mol. The maximum Gasteiger partial charge on any atom is 0.274 e. The Labute approximate surface area is 162 Å². The number of hydrogen-bond donors (Lipinski definition) is 1. The molecule has 1 N–H and O–H groups in total. The van der Waals surface area contributed by atoms with Crippen LogP contribution in [0, 0.1) is 13.8 Å². The maximum atomic E-state index is 12.6. The zero-order valence-electron chi connectivity index (χ0n) is 15.5. The van der Waals surface area contributed by atoms with Crippen LogP contribution in [0.25, 0.3) is 0 Å². The number of halogens is 1. The van der Waals surface area contributed by atoms with E-state index in [1.165, 1.54) is 0 Å². The first-order valence-electron chi connectivity index (χ1n) is 8.62. The molecule has 0 aliphatic carbocycles. The molecule has 0 atom stereocenters. The second-order valence-electron chi connectivity index (χ2n) is 6.06. The van der Waals surface area contributed by atoms with Crippen LogP contribution in [0.2, 0.25) is 5.02 Å². The van der Waals surface area contributed by atoms with Gasteiger partial charge < -0.3 is 14.6 Å². The fraction of sp³-hybridized carbons (Fsp3) is 0.316. The van der Waals surface area contributed by atoms with Gasteiger partial charge in [0.1, 0.15) is 18.1 Å². The minimum absolute atomic E-state index is 0.173. The van der Waals surface area contributed by atoms with Crippen molar-refractivity contribution in [2.45, 2.75) is 40.5 Å². The Balaban J connectivity index is 1.66. The number of amides is 1. The minimum Gasteiger partial charge on any atom is -0.489 e. The molecule has 1 amide bonds. The molecule has 0 unspecified atom stereocenters. The lowest BCUT2D eigenvalue weighted by Crippen LogP contribution is -2.25. The van der Waals surface area contributed by atoms with Crippen LogP contribution >= 0.6 is 11.6 Å². The Morgan fingerprint density at radius 2 is 2.04 bits per heavy atom. The normalized spacial score (nSPS) is 10.8. The summed E-state index contributed by atoms with van der Waals surface area (Å²) < 4.78 is 12.8. The molecule has 3 aromatic rings. The Morgan fingerprint density at radius 1 is 1.30 bits per heavy atom. The average molecular weight is 389 g/mol. The fourth-order valence-corrected chi connectivity index (χ4v) is 2.79. The van der Waals surface area contributed by atoms with Gasteiger partial charge in [-0.25, -0.2) is 0 Å². The highest BCUT2D eigenvalue weighted by Crippen LogP contribution is 2.20. The Bertz CT molecular complexity index is 931. The molecule has 8 heteroatoms. The van der Waals surface area contributed by atoms with Crippen LogP contribution in [0.15, 0.2) is 35.0 Å². The van der Waals surface area contributed by atoms with E-state index in [0.29, 0.717) is 28.6 Å². The van der Waals surface area contributed by atoms with E-state index in [1.54, 1.807) is 37.4 Å². The lowest BCUT2D eigenvalue weighted by atomic mass is 10.2. The summed E-state index contributed by atoms with van der Waals surface area (Å²) in [6.45, 7) is 7.08. The van der Waals surface area contributed by atoms with Gasteiger partial charge in [0, 0.05) is 29.4 Å². The van der Waals surface area contributed by atoms with Gasteiger partial charge in [0.15, 0.2) is 5.69 Å². The average Bonchev–Trinajstić information content (AvgIpc) is 3.21. The molecule has 142 valence electrons. The number of benzene rings is 1. The lowest BCUT2D eigenvalue weighted by Gasteiger charge is -2.08. The van der Waals surface area contributed by atoms with Gasteiger partial charge in [0.25, 0.3) is 5.91 Å². The van der Waals surface area contributed by atoms with Crippen LogP contribution in [0.5, 0.6) is 5.75 Å². The summed E-state index contributed by atoms with van der Waals surface area (Å²) in [6, 6.07) is 7.01. The molecule has 0 bridgehead atoms. The minimum atomic E-state index is -0.315. The van der Waals surface area contributed by atoms with E-state index >= 15 is 0 Å². The zero-order chi connectivity index (χ0) is 19.4. The van der Waals surface area contributed by atoms with Crippen molar-refractivity contribution < 1.29 is 14.1 Å². The van der Waals surface area contributed by atoms with Crippen LogP contribution in [-0.2, 0) is 19.7 Å². The smallest absolute Gasteiger partial charge is 0.274 e. The number of nitrogens with zero attached hydrogens (tertiary/aromatic N) is 3. The van der Waals surface area contributed by atoms with Crippen molar-refractivity contribution in [3.05, 3.63) is 63.8 Å². The van der Waals surface area contributed by atoms with E-state index in [1.807, 2.05) is 18.5 Å². The summed E-state index contributed by atoms with van der Waals surface area (Å²) in [5.74, 6) is 0.878. The SMILES string of the molecule is CCn1ncc(CNC(=O)c2noc(C)c2COc2ccc(Cl)cc2)c1C. The highest BCUT2D eigenvalue weighted by Gasteiger charge is 2.20. The van der Waals surface area contributed by atoms with Crippen molar-refractivity contribution in [1.29, 1.82) is 0 Å². The summed E-state index contributed by atoms with van der Waals surface area (Å²) in [4.78, 5) is 12.6. The summed E-state index contributed by atoms with van der Waals surface area (Å²) in [7, 11) is 0. The van der Waals surface area contributed by atoms with Gasteiger partial charge in [0.05, 0.1) is 11.8 Å². The molecule has 0 saturated heterocycles. The lowest BCUT2D eigenvalue weighted by molar-refractivity contribution is 0.0939. The fourth-order valence-electron chi connectivity index (χ4n) is 2.66. The molecule has 0 saturated carbocycles. The first-order chi connectivity index (χ1) is 13.0. The molecule has 3 rings (SSSR count). The predicted molar refractivity (Wildman–Crippen MR) is 101 cm³/mol. The molecular weight excluding hydrogens is 368 g/mol. The van der Waals surface area contributed by atoms with Crippen LogP contribution in [0.3, 0.4) is 0 Å². The molecule has 27 heavy (non-hydrogen) atoms. The zero-order valence-corrected chi connectivity index (χ0v) is 16.2. The quantitative estimate of drug-likeness (QED) is 0.667. The highest BCUT2D eigenvalue weighted by atomic mass is 35.5. The summed E-state index contributed by atoms with van der Waals surface area (Å²) in [5, 5.41) is 11.7. The van der Waals surface area contributed by atoms with Gasteiger partial charge in [-0.3, -0.25) is 9.48 Å². The number of nitrogens with one attached hydrogen (secondary N) is 1. The van der Waals surface area contributed by atoms with Gasteiger partial charge in [-0.2, -0.15) is 5.10 Å². The second kappa shape index (κ2) is 8.26. The molecule has 0 spiro atoms. The van der Waals surface area contributed by atoms with E-state index in [4.69, 9.17) is 20.9 Å². The van der Waals surface area contributed by atoms with Crippen LogP contribution in [0.4, 0.5) is 0 Å². The van der Waals surface area contributed by atoms with E-state index in [-0.39, 0.29) is 18.2 Å². The van der Waals surface area contributed by atoms with Gasteiger partial charge in [-0.1, -0.05) is 16.8 Å². The molecule has 2 aromatic heterocycles. The van der Waals surface area contributed by atoms with E-state index in [2.05, 4.69) is 15.6 Å². The number of carbonyl (C=O) groups excluding carboxylic acids is 1. The Kier molecular flexibility index (Phi) is 5.81. The van der Waals surface area contributed by atoms with Crippen LogP contribution < -0.4 is 10.1 Å². The molecule has 0 aliphatic rings. The van der Waals surface area contributed by atoms with Crippen molar-refractivity contribution in [3.8, 4) is 5.75 Å². The number of aromatic nitrogens is 3.